The summed E-state index contributed by atoms with van der Waals surface area (Å²) in [4.78, 5) is 24.2. The highest BCUT2D eigenvalue weighted by Gasteiger charge is 2.11. The Morgan fingerprint density at radius 1 is 0.923 bits per heavy atom. The van der Waals surface area contributed by atoms with Crippen molar-refractivity contribution in [1.82, 2.24) is 0 Å². The molecule has 3 aromatic carbocycles. The van der Waals surface area contributed by atoms with E-state index in [-0.39, 0.29) is 18.9 Å². The molecule has 0 heterocycles. The first-order valence-corrected chi connectivity index (χ1v) is 8.53. The van der Waals surface area contributed by atoms with Gasteiger partial charge in [0.15, 0.2) is 6.61 Å². The normalized spacial score (nSPS) is 10.5. The molecule has 3 rings (SSSR count). The number of aryl methyl sites for hydroxylation is 1. The molecule has 0 aliphatic rings. The summed E-state index contributed by atoms with van der Waals surface area (Å²) in [6.45, 7) is 3.63. The van der Waals surface area contributed by atoms with Crippen molar-refractivity contribution in [3.63, 3.8) is 0 Å². The van der Waals surface area contributed by atoms with E-state index in [0.29, 0.717) is 0 Å². The number of hydrogen-bond donors (Lipinski definition) is 1. The number of ether oxygens (including phenoxy) is 1. The Hall–Kier alpha value is -3.14. The van der Waals surface area contributed by atoms with Gasteiger partial charge in [0.1, 0.15) is 0 Å². The average Bonchev–Trinajstić information content (AvgIpc) is 2.64. The zero-order valence-corrected chi connectivity index (χ0v) is 14.9. The Kier molecular flexibility index (Phi) is 5.32. The van der Waals surface area contributed by atoms with Gasteiger partial charge < -0.3 is 10.1 Å². The van der Waals surface area contributed by atoms with Gasteiger partial charge in [0, 0.05) is 5.69 Å². The zero-order chi connectivity index (χ0) is 18.5. The van der Waals surface area contributed by atoms with E-state index in [1.807, 2.05) is 74.5 Å². The third-order valence-electron chi connectivity index (χ3n) is 4.46. The number of carbonyl (C=O) groups is 2. The van der Waals surface area contributed by atoms with Crippen molar-refractivity contribution < 1.29 is 14.3 Å². The lowest BCUT2D eigenvalue weighted by Gasteiger charge is -2.11. The number of anilines is 1. The third-order valence-corrected chi connectivity index (χ3v) is 4.46. The number of carbonyl (C=O) groups excluding carboxylic acids is 2. The van der Waals surface area contributed by atoms with E-state index >= 15 is 0 Å². The predicted octanol–water partition coefficient (Wildman–Crippen LogP) is 4.18. The van der Waals surface area contributed by atoms with E-state index in [0.717, 1.165) is 33.2 Å². The molecule has 0 aliphatic carbocycles. The molecule has 4 nitrogen and oxygen atoms in total. The van der Waals surface area contributed by atoms with Crippen LogP contribution in [0.1, 0.15) is 16.7 Å². The fourth-order valence-corrected chi connectivity index (χ4v) is 2.87. The summed E-state index contributed by atoms with van der Waals surface area (Å²) < 4.78 is 5.15. The maximum atomic E-state index is 12.1. The Bertz CT molecular complexity index is 957. The van der Waals surface area contributed by atoms with Crippen molar-refractivity contribution in [2.24, 2.45) is 0 Å². The first kappa shape index (κ1) is 17.7. The molecule has 0 aromatic heterocycles. The second kappa shape index (κ2) is 7.83. The van der Waals surface area contributed by atoms with Gasteiger partial charge in [-0.1, -0.05) is 54.6 Å². The lowest BCUT2D eigenvalue weighted by Crippen LogP contribution is -2.22. The quantitative estimate of drug-likeness (QED) is 0.705. The standard InChI is InChI=1S/C22H21NO3/c1-15-7-5-12-20(16(15)2)23-21(24)14-26-22(25)13-18-10-6-9-17-8-3-4-11-19(17)18/h3-12H,13-14H2,1-2H3,(H,23,24). The molecule has 4 heteroatoms. The van der Waals surface area contributed by atoms with E-state index in [4.69, 9.17) is 4.74 Å². The lowest BCUT2D eigenvalue weighted by molar-refractivity contribution is -0.146. The van der Waals surface area contributed by atoms with Crippen molar-refractivity contribution in [2.75, 3.05) is 11.9 Å². The molecule has 0 aliphatic heterocycles. The lowest BCUT2D eigenvalue weighted by atomic mass is 10.0. The van der Waals surface area contributed by atoms with E-state index < -0.39 is 5.97 Å². The minimum absolute atomic E-state index is 0.137. The molecular formula is C22H21NO3. The van der Waals surface area contributed by atoms with Crippen molar-refractivity contribution in [2.45, 2.75) is 20.3 Å². The Morgan fingerprint density at radius 2 is 1.65 bits per heavy atom. The molecule has 0 spiro atoms. The maximum Gasteiger partial charge on any atom is 0.310 e. The van der Waals surface area contributed by atoms with Crippen LogP contribution in [0, 0.1) is 13.8 Å². The van der Waals surface area contributed by atoms with Gasteiger partial charge in [-0.3, -0.25) is 9.59 Å². The Labute approximate surface area is 152 Å². The van der Waals surface area contributed by atoms with Crippen molar-refractivity contribution in [1.29, 1.82) is 0 Å². The van der Waals surface area contributed by atoms with E-state index in [2.05, 4.69) is 5.32 Å². The third kappa shape index (κ3) is 4.09. The zero-order valence-electron chi connectivity index (χ0n) is 14.9. The minimum atomic E-state index is -0.419. The van der Waals surface area contributed by atoms with Gasteiger partial charge in [-0.25, -0.2) is 0 Å². The highest BCUT2D eigenvalue weighted by atomic mass is 16.5. The molecule has 0 saturated heterocycles. The molecule has 132 valence electrons. The largest absolute Gasteiger partial charge is 0.455 e. The summed E-state index contributed by atoms with van der Waals surface area (Å²) in [6.07, 6.45) is 0.137. The van der Waals surface area contributed by atoms with E-state index in [9.17, 15) is 9.59 Å². The summed E-state index contributed by atoms with van der Waals surface area (Å²) in [5.41, 5.74) is 3.72. The molecule has 26 heavy (non-hydrogen) atoms. The fourth-order valence-electron chi connectivity index (χ4n) is 2.87. The van der Waals surface area contributed by atoms with Crippen LogP contribution in [0.15, 0.2) is 60.7 Å². The number of hydrogen-bond acceptors (Lipinski definition) is 3. The minimum Gasteiger partial charge on any atom is -0.455 e. The predicted molar refractivity (Wildman–Crippen MR) is 103 cm³/mol. The van der Waals surface area contributed by atoms with Gasteiger partial charge in [-0.2, -0.15) is 0 Å². The van der Waals surface area contributed by atoms with Gasteiger partial charge in [-0.15, -0.1) is 0 Å². The second-order valence-electron chi connectivity index (χ2n) is 6.27. The highest BCUT2D eigenvalue weighted by Crippen LogP contribution is 2.20. The van der Waals surface area contributed by atoms with Crippen molar-refractivity contribution in [3.8, 4) is 0 Å². The Balaban J connectivity index is 1.58. The van der Waals surface area contributed by atoms with Crippen LogP contribution in [0.5, 0.6) is 0 Å². The van der Waals surface area contributed by atoms with Crippen LogP contribution in [0.2, 0.25) is 0 Å². The summed E-state index contributed by atoms with van der Waals surface area (Å²) in [5.74, 6) is -0.762. The van der Waals surface area contributed by atoms with E-state index in [1.165, 1.54) is 0 Å². The van der Waals surface area contributed by atoms with Crippen LogP contribution in [-0.4, -0.2) is 18.5 Å². The number of esters is 1. The van der Waals surface area contributed by atoms with Crippen LogP contribution in [0.4, 0.5) is 5.69 Å². The summed E-state index contributed by atoms with van der Waals surface area (Å²) in [5, 5.41) is 4.88. The smallest absolute Gasteiger partial charge is 0.310 e. The number of rotatable bonds is 5. The number of fused-ring (bicyclic) bond motifs is 1. The first-order valence-electron chi connectivity index (χ1n) is 8.53. The second-order valence-corrected chi connectivity index (χ2v) is 6.27. The van der Waals surface area contributed by atoms with Crippen LogP contribution < -0.4 is 5.32 Å². The molecule has 0 unspecified atom stereocenters. The molecule has 1 N–H and O–H groups in total. The molecule has 0 bridgehead atoms. The first-order chi connectivity index (χ1) is 12.5. The van der Waals surface area contributed by atoms with Crippen LogP contribution >= 0.6 is 0 Å². The highest BCUT2D eigenvalue weighted by molar-refractivity contribution is 5.94. The number of benzene rings is 3. The van der Waals surface area contributed by atoms with Gasteiger partial charge in [0.25, 0.3) is 5.91 Å². The monoisotopic (exact) mass is 347 g/mol. The van der Waals surface area contributed by atoms with Crippen molar-refractivity contribution >= 4 is 28.3 Å². The van der Waals surface area contributed by atoms with Gasteiger partial charge in [-0.05, 0) is 47.4 Å². The van der Waals surface area contributed by atoms with Crippen LogP contribution in [-0.2, 0) is 20.7 Å². The molecule has 0 fully saturated rings. The number of amides is 1. The van der Waals surface area contributed by atoms with E-state index in [1.54, 1.807) is 0 Å². The molecule has 3 aromatic rings. The SMILES string of the molecule is Cc1cccc(NC(=O)COC(=O)Cc2cccc3ccccc23)c1C. The molecule has 1 amide bonds. The summed E-state index contributed by atoms with van der Waals surface area (Å²) in [6, 6.07) is 19.4. The van der Waals surface area contributed by atoms with Crippen LogP contribution in [0.3, 0.4) is 0 Å². The van der Waals surface area contributed by atoms with Crippen molar-refractivity contribution in [3.05, 3.63) is 77.4 Å². The maximum absolute atomic E-state index is 12.1. The topological polar surface area (TPSA) is 55.4 Å². The molecule has 0 atom stereocenters. The fraction of sp³-hybridized carbons (Fsp3) is 0.182. The molecule has 0 radical (unpaired) electrons. The summed E-state index contributed by atoms with van der Waals surface area (Å²) >= 11 is 0. The molecular weight excluding hydrogens is 326 g/mol. The van der Waals surface area contributed by atoms with Crippen LogP contribution in [0.25, 0.3) is 10.8 Å². The average molecular weight is 347 g/mol. The number of nitrogens with one attached hydrogen (secondary N) is 1. The molecule has 0 saturated carbocycles. The van der Waals surface area contributed by atoms with Gasteiger partial charge >= 0.3 is 5.97 Å². The summed E-state index contributed by atoms with van der Waals surface area (Å²) in [7, 11) is 0. The van der Waals surface area contributed by atoms with Gasteiger partial charge in [0.05, 0.1) is 6.42 Å². The Morgan fingerprint density at radius 3 is 2.50 bits per heavy atom. The van der Waals surface area contributed by atoms with Gasteiger partial charge in [0.2, 0.25) is 0 Å².